The monoisotopic (exact) mass is 315 g/mol. The zero-order valence-corrected chi connectivity index (χ0v) is 10.8. The van der Waals surface area contributed by atoms with Crippen LogP contribution in [0.15, 0.2) is 6.20 Å². The molecule has 10 heteroatoms. The van der Waals surface area contributed by atoms with Gasteiger partial charge in [0, 0.05) is 0 Å². The first-order valence-electron chi connectivity index (χ1n) is 5.36. The molecular formula is C11H10F5NO4. The SMILES string of the molecule is COC(=O)Cc1c(OC)cnc(C(F)F)c1OC(F)(F)F. The van der Waals surface area contributed by atoms with E-state index in [-0.39, 0.29) is 5.75 Å². The molecule has 5 nitrogen and oxygen atoms in total. The number of pyridine rings is 1. The van der Waals surface area contributed by atoms with E-state index < -0.39 is 42.2 Å². The van der Waals surface area contributed by atoms with Gasteiger partial charge in [-0.25, -0.2) is 13.8 Å². The molecule has 118 valence electrons. The lowest BCUT2D eigenvalue weighted by atomic mass is 10.1. The van der Waals surface area contributed by atoms with Crippen molar-refractivity contribution < 1.29 is 41.0 Å². The van der Waals surface area contributed by atoms with Gasteiger partial charge in [0.2, 0.25) is 0 Å². The van der Waals surface area contributed by atoms with E-state index in [2.05, 4.69) is 14.5 Å². The Morgan fingerprint density at radius 1 is 1.33 bits per heavy atom. The highest BCUT2D eigenvalue weighted by Crippen LogP contribution is 2.39. The maximum Gasteiger partial charge on any atom is 0.573 e. The van der Waals surface area contributed by atoms with Crippen molar-refractivity contribution in [3.8, 4) is 11.5 Å². The first-order valence-corrected chi connectivity index (χ1v) is 5.36. The van der Waals surface area contributed by atoms with Crippen molar-refractivity contribution in [2.75, 3.05) is 14.2 Å². The molecule has 0 aliphatic carbocycles. The third-order valence-corrected chi connectivity index (χ3v) is 2.32. The number of carbonyl (C=O) groups excluding carboxylic acids is 1. The van der Waals surface area contributed by atoms with E-state index in [1.807, 2.05) is 0 Å². The first-order chi connectivity index (χ1) is 9.69. The Labute approximate surface area is 115 Å². The smallest absolute Gasteiger partial charge is 0.495 e. The van der Waals surface area contributed by atoms with Gasteiger partial charge in [-0.3, -0.25) is 4.79 Å². The van der Waals surface area contributed by atoms with Crippen LogP contribution in [0.5, 0.6) is 11.5 Å². The highest BCUT2D eigenvalue weighted by Gasteiger charge is 2.36. The Hall–Kier alpha value is -2.13. The number of hydrogen-bond acceptors (Lipinski definition) is 5. The number of aromatic nitrogens is 1. The number of methoxy groups -OCH3 is 2. The molecule has 1 aromatic rings. The van der Waals surface area contributed by atoms with Crippen LogP contribution in [-0.2, 0) is 16.0 Å². The molecule has 0 fully saturated rings. The highest BCUT2D eigenvalue weighted by molar-refractivity contribution is 5.75. The fourth-order valence-corrected chi connectivity index (χ4v) is 1.48. The van der Waals surface area contributed by atoms with E-state index in [0.29, 0.717) is 0 Å². The summed E-state index contributed by atoms with van der Waals surface area (Å²) >= 11 is 0. The van der Waals surface area contributed by atoms with E-state index in [1.165, 1.54) is 0 Å². The number of carbonyl (C=O) groups is 1. The second kappa shape index (κ2) is 6.55. The summed E-state index contributed by atoms with van der Waals surface area (Å²) in [7, 11) is 2.07. The topological polar surface area (TPSA) is 57.7 Å². The molecule has 0 atom stereocenters. The Kier molecular flexibility index (Phi) is 5.28. The zero-order chi connectivity index (χ0) is 16.2. The number of esters is 1. The molecule has 0 aliphatic rings. The Morgan fingerprint density at radius 2 is 1.95 bits per heavy atom. The summed E-state index contributed by atoms with van der Waals surface area (Å²) in [5.41, 5.74) is -1.76. The van der Waals surface area contributed by atoms with Crippen LogP contribution in [0.1, 0.15) is 17.7 Å². The number of alkyl halides is 5. The van der Waals surface area contributed by atoms with Crippen molar-refractivity contribution in [2.45, 2.75) is 19.2 Å². The molecule has 21 heavy (non-hydrogen) atoms. The molecule has 1 aromatic heterocycles. The lowest BCUT2D eigenvalue weighted by molar-refractivity contribution is -0.275. The fourth-order valence-electron chi connectivity index (χ4n) is 1.48. The van der Waals surface area contributed by atoms with Crippen LogP contribution in [0.3, 0.4) is 0 Å². The third-order valence-electron chi connectivity index (χ3n) is 2.32. The maximum atomic E-state index is 12.8. The standard InChI is InChI=1S/C11H10F5NO4/c1-19-6-4-17-8(10(12)13)9(21-11(14,15)16)5(6)3-7(18)20-2/h4,10H,3H2,1-2H3. The van der Waals surface area contributed by atoms with Crippen LogP contribution in [0.2, 0.25) is 0 Å². The maximum absolute atomic E-state index is 12.8. The van der Waals surface area contributed by atoms with Crippen molar-refractivity contribution in [1.82, 2.24) is 4.98 Å². The molecule has 0 saturated carbocycles. The van der Waals surface area contributed by atoms with Crippen molar-refractivity contribution in [2.24, 2.45) is 0 Å². The molecule has 0 N–H and O–H groups in total. The van der Waals surface area contributed by atoms with E-state index in [9.17, 15) is 26.7 Å². The summed E-state index contributed by atoms with van der Waals surface area (Å²) < 4.78 is 75.2. The highest BCUT2D eigenvalue weighted by atomic mass is 19.4. The molecule has 0 aliphatic heterocycles. The summed E-state index contributed by atoms with van der Waals surface area (Å²) in [6, 6.07) is 0. The molecule has 1 rings (SSSR count). The van der Waals surface area contributed by atoms with Crippen LogP contribution in [-0.4, -0.2) is 31.5 Å². The van der Waals surface area contributed by atoms with Gasteiger partial charge in [0.05, 0.1) is 32.4 Å². The largest absolute Gasteiger partial charge is 0.573 e. The lowest BCUT2D eigenvalue weighted by Crippen LogP contribution is -2.21. The van der Waals surface area contributed by atoms with E-state index in [4.69, 9.17) is 4.74 Å². The second-order valence-electron chi connectivity index (χ2n) is 3.62. The van der Waals surface area contributed by atoms with Crippen LogP contribution < -0.4 is 9.47 Å². The van der Waals surface area contributed by atoms with Crippen LogP contribution in [0.4, 0.5) is 22.0 Å². The van der Waals surface area contributed by atoms with Gasteiger partial charge in [0.25, 0.3) is 6.43 Å². The number of halogens is 5. The molecule has 0 spiro atoms. The zero-order valence-electron chi connectivity index (χ0n) is 10.8. The summed E-state index contributed by atoms with van der Waals surface area (Å²) in [4.78, 5) is 14.4. The average Bonchev–Trinajstić information content (AvgIpc) is 2.38. The van der Waals surface area contributed by atoms with Gasteiger partial charge in [-0.2, -0.15) is 0 Å². The quantitative estimate of drug-likeness (QED) is 0.617. The second-order valence-corrected chi connectivity index (χ2v) is 3.62. The van der Waals surface area contributed by atoms with Gasteiger partial charge in [-0.15, -0.1) is 13.2 Å². The summed E-state index contributed by atoms with van der Waals surface area (Å²) in [6.45, 7) is 0. The molecule has 0 unspecified atom stereocenters. The predicted molar refractivity (Wildman–Crippen MR) is 58.1 cm³/mol. The molecule has 0 aromatic carbocycles. The van der Waals surface area contributed by atoms with Gasteiger partial charge in [-0.05, 0) is 0 Å². The Morgan fingerprint density at radius 3 is 2.38 bits per heavy atom. The number of hydrogen-bond donors (Lipinski definition) is 0. The molecule has 0 radical (unpaired) electrons. The Balaban J connectivity index is 3.45. The predicted octanol–water partition coefficient (Wildman–Crippen LogP) is 2.64. The molecule has 0 amide bonds. The van der Waals surface area contributed by atoms with Gasteiger partial charge < -0.3 is 14.2 Å². The average molecular weight is 315 g/mol. The van der Waals surface area contributed by atoms with E-state index in [0.717, 1.165) is 20.4 Å². The number of rotatable bonds is 5. The number of ether oxygens (including phenoxy) is 3. The van der Waals surface area contributed by atoms with Crippen LogP contribution in [0.25, 0.3) is 0 Å². The van der Waals surface area contributed by atoms with Crippen molar-refractivity contribution >= 4 is 5.97 Å². The van der Waals surface area contributed by atoms with Gasteiger partial charge in [0.1, 0.15) is 11.4 Å². The third kappa shape index (κ3) is 4.43. The summed E-state index contributed by atoms with van der Waals surface area (Å²) in [5, 5.41) is 0. The van der Waals surface area contributed by atoms with Crippen molar-refractivity contribution in [1.29, 1.82) is 0 Å². The van der Waals surface area contributed by atoms with Crippen LogP contribution in [0, 0.1) is 0 Å². The Bertz CT molecular complexity index is 518. The minimum atomic E-state index is -5.23. The number of nitrogens with zero attached hydrogens (tertiary/aromatic N) is 1. The molecule has 1 heterocycles. The van der Waals surface area contributed by atoms with E-state index >= 15 is 0 Å². The lowest BCUT2D eigenvalue weighted by Gasteiger charge is -2.18. The van der Waals surface area contributed by atoms with Gasteiger partial charge in [0.15, 0.2) is 5.75 Å². The molecule has 0 saturated heterocycles. The van der Waals surface area contributed by atoms with Crippen molar-refractivity contribution in [3.63, 3.8) is 0 Å². The minimum absolute atomic E-state index is 0.302. The normalized spacial score (nSPS) is 11.4. The van der Waals surface area contributed by atoms with Gasteiger partial charge >= 0.3 is 12.3 Å². The minimum Gasteiger partial charge on any atom is -0.495 e. The first kappa shape index (κ1) is 16.9. The fraction of sp³-hybridized carbons (Fsp3) is 0.455. The van der Waals surface area contributed by atoms with Crippen molar-refractivity contribution in [3.05, 3.63) is 17.5 Å². The molecular weight excluding hydrogens is 305 g/mol. The molecule has 0 bridgehead atoms. The summed E-state index contributed by atoms with van der Waals surface area (Å²) in [5.74, 6) is -2.52. The van der Waals surface area contributed by atoms with Gasteiger partial charge in [-0.1, -0.05) is 0 Å². The van der Waals surface area contributed by atoms with E-state index in [1.54, 1.807) is 0 Å². The van der Waals surface area contributed by atoms with Crippen LogP contribution >= 0.6 is 0 Å². The summed E-state index contributed by atoms with van der Waals surface area (Å²) in [6.07, 6.45) is -8.52.